The summed E-state index contributed by atoms with van der Waals surface area (Å²) in [5.74, 6) is -2.12. The highest BCUT2D eigenvalue weighted by Crippen LogP contribution is 2.52. The summed E-state index contributed by atoms with van der Waals surface area (Å²) in [6.07, 6.45) is -0.857. The van der Waals surface area contributed by atoms with Gasteiger partial charge in [0.2, 0.25) is 5.88 Å². The highest BCUT2D eigenvalue weighted by molar-refractivity contribution is 5.88. The van der Waals surface area contributed by atoms with Crippen LogP contribution in [-0.4, -0.2) is 58.8 Å². The molecule has 1 aliphatic carbocycles. The molecule has 1 amide bonds. The molecule has 234 valence electrons. The third-order valence-electron chi connectivity index (χ3n) is 9.05. The first-order chi connectivity index (χ1) is 20.3. The molecule has 3 fully saturated rings. The van der Waals surface area contributed by atoms with Gasteiger partial charge in [-0.3, -0.25) is 4.79 Å². The number of nitrogens with zero attached hydrogens (tertiary/aromatic N) is 2. The highest BCUT2D eigenvalue weighted by Gasteiger charge is 2.60. The Morgan fingerprint density at radius 2 is 1.84 bits per heavy atom. The summed E-state index contributed by atoms with van der Waals surface area (Å²) in [6.45, 7) is 5.67. The number of benzene rings is 1. The zero-order valence-corrected chi connectivity index (χ0v) is 24.9. The molecule has 1 aromatic heterocycles. The number of alkyl halides is 3. The minimum atomic E-state index is -4.75. The lowest BCUT2D eigenvalue weighted by Crippen LogP contribution is -2.50. The highest BCUT2D eigenvalue weighted by atomic mass is 19.4. The number of likely N-dealkylation sites (tertiary alicyclic amines) is 1. The Hall–Kier alpha value is -3.18. The number of methoxy groups -OCH3 is 1. The van der Waals surface area contributed by atoms with Gasteiger partial charge in [0, 0.05) is 24.3 Å². The van der Waals surface area contributed by atoms with Crippen LogP contribution in [0.1, 0.15) is 87.1 Å². The van der Waals surface area contributed by atoms with E-state index in [4.69, 9.17) is 14.2 Å². The Morgan fingerprint density at radius 1 is 1.12 bits per heavy atom. The van der Waals surface area contributed by atoms with E-state index >= 15 is 0 Å². The summed E-state index contributed by atoms with van der Waals surface area (Å²) in [4.78, 5) is 32.6. The minimum absolute atomic E-state index is 0.0903. The van der Waals surface area contributed by atoms with E-state index in [-0.39, 0.29) is 12.2 Å². The Kier molecular flexibility index (Phi) is 8.77. The molecule has 8 nitrogen and oxygen atoms in total. The molecule has 3 aliphatic rings. The van der Waals surface area contributed by atoms with Crippen LogP contribution in [-0.2, 0) is 31.8 Å². The summed E-state index contributed by atoms with van der Waals surface area (Å²) in [5, 5.41) is 10.6. The first-order valence-electron chi connectivity index (χ1n) is 14.8. The topological polar surface area (TPSA) is 98.2 Å². The van der Waals surface area contributed by atoms with Crippen LogP contribution in [0.2, 0.25) is 0 Å². The number of hydrogen-bond donors (Lipinski definition) is 1. The number of carboxylic acid groups (broad SMARTS) is 1. The normalized spacial score (nSPS) is 26.4. The number of carbonyl (C=O) groups excluding carboxylic acids is 1. The van der Waals surface area contributed by atoms with Crippen molar-refractivity contribution in [2.75, 3.05) is 13.7 Å². The first kappa shape index (κ1) is 31.3. The van der Waals surface area contributed by atoms with Crippen LogP contribution in [0.15, 0.2) is 36.5 Å². The van der Waals surface area contributed by atoms with Crippen LogP contribution in [0.5, 0.6) is 5.88 Å². The number of amides is 1. The van der Waals surface area contributed by atoms with Gasteiger partial charge in [-0.25, -0.2) is 9.78 Å². The number of rotatable bonds is 8. The molecule has 11 heteroatoms. The maximum Gasteiger partial charge on any atom is 0.416 e. The van der Waals surface area contributed by atoms with Crippen molar-refractivity contribution < 1.29 is 42.1 Å². The van der Waals surface area contributed by atoms with Crippen molar-refractivity contribution in [2.24, 2.45) is 11.3 Å². The van der Waals surface area contributed by atoms with E-state index < -0.39 is 59.2 Å². The smallest absolute Gasteiger partial charge is 0.416 e. The fourth-order valence-corrected chi connectivity index (χ4v) is 6.82. The fourth-order valence-electron chi connectivity index (χ4n) is 6.82. The van der Waals surface area contributed by atoms with Crippen LogP contribution >= 0.6 is 0 Å². The van der Waals surface area contributed by atoms with Crippen molar-refractivity contribution in [3.63, 3.8) is 0 Å². The number of carbonyl (C=O) groups is 2. The molecule has 3 heterocycles. The second kappa shape index (κ2) is 12.1. The SMILES string of the molecule is COc1ncc(C2CCC2)cc1CO[C@H]1[C@H](C(C)(C)C)[C@@H](C(=O)O)N(C(=O)[C@@H]2CCCO2)[C@H]1c1ccccc1C(F)(F)F. The Morgan fingerprint density at radius 3 is 2.40 bits per heavy atom. The number of carboxylic acids is 1. The van der Waals surface area contributed by atoms with Crippen molar-refractivity contribution >= 4 is 11.9 Å². The molecule has 0 spiro atoms. The fraction of sp³-hybridized carbons (Fsp3) is 0.594. The number of aromatic nitrogens is 1. The number of hydrogen-bond acceptors (Lipinski definition) is 6. The standard InChI is InChI=1S/C32H39F3N2O6/c1-31(2,3)24-26(30(39)40)37(29(38)23-13-8-14-42-23)25(21-11-5-6-12-22(21)32(33,34)35)27(24)43-17-20-15-19(18-9-7-10-18)16-36-28(20)41-4/h5-6,11-12,15-16,18,23-27H,7-10,13-14,17H2,1-4H3,(H,39,40)/t23-,24+,25-,26-,27-/m0/s1. The van der Waals surface area contributed by atoms with Crippen LogP contribution in [0.4, 0.5) is 13.2 Å². The molecule has 5 atom stereocenters. The van der Waals surface area contributed by atoms with Crippen molar-refractivity contribution in [1.82, 2.24) is 9.88 Å². The number of pyridine rings is 1. The number of halogens is 3. The average Bonchev–Trinajstić information content (AvgIpc) is 3.57. The van der Waals surface area contributed by atoms with E-state index in [1.165, 1.54) is 25.3 Å². The van der Waals surface area contributed by atoms with E-state index in [2.05, 4.69) is 4.98 Å². The molecule has 0 bridgehead atoms. The minimum Gasteiger partial charge on any atom is -0.481 e. The van der Waals surface area contributed by atoms with E-state index in [0.717, 1.165) is 35.8 Å². The van der Waals surface area contributed by atoms with Gasteiger partial charge in [-0.15, -0.1) is 0 Å². The van der Waals surface area contributed by atoms with Gasteiger partial charge in [-0.1, -0.05) is 45.4 Å². The van der Waals surface area contributed by atoms with Gasteiger partial charge in [0.15, 0.2) is 0 Å². The molecule has 0 unspecified atom stereocenters. The molecule has 1 saturated carbocycles. The maximum atomic E-state index is 14.4. The van der Waals surface area contributed by atoms with Gasteiger partial charge in [0.05, 0.1) is 31.4 Å². The van der Waals surface area contributed by atoms with E-state index in [9.17, 15) is 27.9 Å². The molecular weight excluding hydrogens is 565 g/mol. The summed E-state index contributed by atoms with van der Waals surface area (Å²) < 4.78 is 61.0. The lowest BCUT2D eigenvalue weighted by Gasteiger charge is -2.35. The van der Waals surface area contributed by atoms with E-state index in [0.29, 0.717) is 36.8 Å². The second-order valence-corrected chi connectivity index (χ2v) is 12.8. The lowest BCUT2D eigenvalue weighted by atomic mass is 9.73. The number of aliphatic carboxylic acids is 1. The van der Waals surface area contributed by atoms with Crippen LogP contribution < -0.4 is 4.74 Å². The van der Waals surface area contributed by atoms with Crippen molar-refractivity contribution in [3.8, 4) is 5.88 Å². The third-order valence-corrected chi connectivity index (χ3v) is 9.05. The van der Waals surface area contributed by atoms with Crippen LogP contribution in [0, 0.1) is 11.3 Å². The van der Waals surface area contributed by atoms with E-state index in [1.807, 2.05) is 26.8 Å². The van der Waals surface area contributed by atoms with Gasteiger partial charge in [0.25, 0.3) is 5.91 Å². The van der Waals surface area contributed by atoms with Crippen molar-refractivity contribution in [3.05, 3.63) is 58.8 Å². The molecule has 1 N–H and O–H groups in total. The first-order valence-corrected chi connectivity index (χ1v) is 14.8. The average molecular weight is 605 g/mol. The summed E-state index contributed by atoms with van der Waals surface area (Å²) >= 11 is 0. The monoisotopic (exact) mass is 604 g/mol. The zero-order chi connectivity index (χ0) is 31.1. The quantitative estimate of drug-likeness (QED) is 0.387. The Balaban J connectivity index is 1.64. The lowest BCUT2D eigenvalue weighted by molar-refractivity contribution is -0.157. The van der Waals surface area contributed by atoms with Gasteiger partial charge in [-0.05, 0) is 60.3 Å². The second-order valence-electron chi connectivity index (χ2n) is 12.8. The molecule has 2 aliphatic heterocycles. The molecule has 5 rings (SSSR count). The molecule has 1 aromatic carbocycles. The predicted molar refractivity (Wildman–Crippen MR) is 150 cm³/mol. The number of ether oxygens (including phenoxy) is 3. The van der Waals surface area contributed by atoms with Crippen molar-refractivity contribution in [2.45, 2.75) is 95.9 Å². The molecule has 2 saturated heterocycles. The molecule has 2 aromatic rings. The largest absolute Gasteiger partial charge is 0.481 e. The predicted octanol–water partition coefficient (Wildman–Crippen LogP) is 6.14. The van der Waals surface area contributed by atoms with Crippen LogP contribution in [0.3, 0.4) is 0 Å². The van der Waals surface area contributed by atoms with Gasteiger partial charge >= 0.3 is 12.1 Å². The Bertz CT molecular complexity index is 1330. The van der Waals surface area contributed by atoms with Gasteiger partial charge in [-0.2, -0.15) is 13.2 Å². The summed E-state index contributed by atoms with van der Waals surface area (Å²) in [6, 6.07) is 4.16. The van der Waals surface area contributed by atoms with Gasteiger partial charge < -0.3 is 24.2 Å². The van der Waals surface area contributed by atoms with E-state index in [1.54, 1.807) is 6.20 Å². The van der Waals surface area contributed by atoms with Gasteiger partial charge in [0.1, 0.15) is 12.1 Å². The third kappa shape index (κ3) is 6.11. The summed E-state index contributed by atoms with van der Waals surface area (Å²) in [5.41, 5.74) is -0.289. The molecular formula is C32H39F3N2O6. The summed E-state index contributed by atoms with van der Waals surface area (Å²) in [7, 11) is 1.48. The molecule has 0 radical (unpaired) electrons. The maximum absolute atomic E-state index is 14.4. The Labute approximate surface area is 249 Å². The van der Waals surface area contributed by atoms with Crippen molar-refractivity contribution in [1.29, 1.82) is 0 Å². The zero-order valence-electron chi connectivity index (χ0n) is 24.9. The molecule has 43 heavy (non-hydrogen) atoms. The van der Waals surface area contributed by atoms with Crippen LogP contribution in [0.25, 0.3) is 0 Å².